The lowest BCUT2D eigenvalue weighted by molar-refractivity contribution is -0.176. The molecule has 0 bridgehead atoms. The highest BCUT2D eigenvalue weighted by molar-refractivity contribution is 5.72. The van der Waals surface area contributed by atoms with Crippen LogP contribution in [0.25, 0.3) is 0 Å². The van der Waals surface area contributed by atoms with Crippen LogP contribution in [0.1, 0.15) is 73.5 Å². The number of rotatable bonds is 6. The van der Waals surface area contributed by atoms with Crippen LogP contribution in [-0.2, 0) is 33.2 Å². The molecule has 0 aliphatic carbocycles. The molecule has 0 saturated carbocycles. The van der Waals surface area contributed by atoms with E-state index in [1.807, 2.05) is 0 Å². The maximum Gasteiger partial charge on any atom is 0.416 e. The molecule has 3 atom stereocenters. The molecule has 1 aliphatic rings. The van der Waals surface area contributed by atoms with Crippen molar-refractivity contribution < 1.29 is 54.2 Å². The summed E-state index contributed by atoms with van der Waals surface area (Å²) >= 11 is 0. The minimum absolute atomic E-state index is 0.100. The number of amides is 1. The van der Waals surface area contributed by atoms with Crippen LogP contribution in [0.4, 0.5) is 39.9 Å². The van der Waals surface area contributed by atoms with E-state index in [2.05, 4.69) is 0 Å². The molecule has 1 saturated heterocycles. The van der Waals surface area contributed by atoms with E-state index in [0.717, 1.165) is 29.2 Å². The molecule has 0 spiro atoms. The molecule has 3 aromatic rings. The summed E-state index contributed by atoms with van der Waals surface area (Å²) in [4.78, 5) is 27.6. The van der Waals surface area contributed by atoms with Gasteiger partial charge in [-0.05, 0) is 61.7 Å². The Morgan fingerprint density at radius 3 is 1.76 bits per heavy atom. The highest BCUT2D eigenvalue weighted by Crippen LogP contribution is 2.54. The van der Waals surface area contributed by atoms with Crippen LogP contribution in [0.3, 0.4) is 0 Å². The van der Waals surface area contributed by atoms with Crippen LogP contribution < -0.4 is 0 Å². The van der Waals surface area contributed by atoms with Gasteiger partial charge in [0.05, 0.1) is 35.5 Å². The van der Waals surface area contributed by atoms with E-state index in [9.17, 15) is 35.9 Å². The first-order valence-corrected chi connectivity index (χ1v) is 14.2. The van der Waals surface area contributed by atoms with Crippen molar-refractivity contribution in [2.24, 2.45) is 5.92 Å². The number of ether oxygens (including phenoxy) is 2. The Labute approximate surface area is 260 Å². The Morgan fingerprint density at radius 2 is 1.28 bits per heavy atom. The van der Waals surface area contributed by atoms with E-state index < -0.39 is 77.9 Å². The third kappa shape index (κ3) is 8.35. The normalized spacial score (nSPS) is 20.2. The first kappa shape index (κ1) is 34.7. The summed E-state index contributed by atoms with van der Waals surface area (Å²) < 4.78 is 123. The lowest BCUT2D eigenvalue weighted by Gasteiger charge is -2.49. The molecule has 248 valence electrons. The van der Waals surface area contributed by atoms with Crippen LogP contribution in [0, 0.1) is 5.92 Å². The van der Waals surface area contributed by atoms with Crippen molar-refractivity contribution in [1.29, 1.82) is 0 Å². The first-order chi connectivity index (χ1) is 21.3. The zero-order valence-electron chi connectivity index (χ0n) is 25.0. The quantitative estimate of drug-likeness (QED) is 0.196. The molecule has 3 unspecified atom stereocenters. The van der Waals surface area contributed by atoms with Gasteiger partial charge in [0.1, 0.15) is 12.2 Å². The van der Waals surface area contributed by atoms with Gasteiger partial charge in [-0.15, -0.1) is 0 Å². The van der Waals surface area contributed by atoms with Gasteiger partial charge in [0.2, 0.25) is 0 Å². The molecule has 3 aromatic carbocycles. The van der Waals surface area contributed by atoms with Crippen LogP contribution in [0.5, 0.6) is 0 Å². The number of hydrogen-bond donors (Lipinski definition) is 0. The van der Waals surface area contributed by atoms with Crippen LogP contribution in [0.2, 0.25) is 0 Å². The molecule has 0 N–H and O–H groups in total. The monoisotopic (exact) mass is 657 g/mol. The zero-order valence-corrected chi connectivity index (χ0v) is 25.0. The zero-order chi connectivity index (χ0) is 34.1. The Hall–Kier alpha value is -4.16. The highest BCUT2D eigenvalue weighted by Gasteiger charge is 2.57. The van der Waals surface area contributed by atoms with Gasteiger partial charge < -0.3 is 9.47 Å². The summed E-state index contributed by atoms with van der Waals surface area (Å²) in [6.45, 7) is 4.24. The molecule has 1 heterocycles. The van der Waals surface area contributed by atoms with E-state index in [1.54, 1.807) is 30.3 Å². The second kappa shape index (κ2) is 12.9. The number of likely N-dealkylation sites (tertiary alicyclic amines) is 1. The van der Waals surface area contributed by atoms with Crippen molar-refractivity contribution in [1.82, 2.24) is 4.90 Å². The van der Waals surface area contributed by atoms with Gasteiger partial charge in [0, 0.05) is 6.42 Å². The molecule has 1 fully saturated rings. The molecule has 4 rings (SSSR count). The van der Waals surface area contributed by atoms with Gasteiger partial charge in [-0.3, -0.25) is 9.69 Å². The number of alkyl halides is 8. The summed E-state index contributed by atoms with van der Waals surface area (Å²) in [7, 11) is 0. The van der Waals surface area contributed by atoms with E-state index in [1.165, 1.54) is 20.8 Å². The number of esters is 1. The fourth-order valence-corrected chi connectivity index (χ4v) is 5.42. The molecule has 0 radical (unpaired) electrons. The Balaban J connectivity index is 1.86. The molecule has 0 aromatic heterocycles. The van der Waals surface area contributed by atoms with E-state index >= 15 is 8.78 Å². The molecular formula is C33H31F8NO4. The summed E-state index contributed by atoms with van der Waals surface area (Å²) in [6, 6.07) is 11.4. The fraction of sp³-hybridized carbons (Fsp3) is 0.394. The summed E-state index contributed by atoms with van der Waals surface area (Å²) in [5.41, 5.74) is -2.95. The van der Waals surface area contributed by atoms with Crippen molar-refractivity contribution in [3.63, 3.8) is 0 Å². The number of benzene rings is 3. The fourth-order valence-electron chi connectivity index (χ4n) is 5.42. The van der Waals surface area contributed by atoms with Crippen LogP contribution in [-0.4, -0.2) is 28.5 Å². The smallest absolute Gasteiger partial charge is 0.416 e. The first-order valence-electron chi connectivity index (χ1n) is 14.2. The second-order valence-corrected chi connectivity index (χ2v) is 12.0. The number of carbonyl (C=O) groups excluding carboxylic acids is 2. The van der Waals surface area contributed by atoms with E-state index in [-0.39, 0.29) is 17.7 Å². The van der Waals surface area contributed by atoms with Gasteiger partial charge in [0.15, 0.2) is 0 Å². The van der Waals surface area contributed by atoms with Crippen molar-refractivity contribution in [3.8, 4) is 0 Å². The van der Waals surface area contributed by atoms with Crippen molar-refractivity contribution in [2.75, 3.05) is 0 Å². The average Bonchev–Trinajstić information content (AvgIpc) is 2.95. The summed E-state index contributed by atoms with van der Waals surface area (Å²) in [6.07, 6.45) is -12.7. The molecular weight excluding hydrogens is 626 g/mol. The highest BCUT2D eigenvalue weighted by atomic mass is 19.4. The van der Waals surface area contributed by atoms with Gasteiger partial charge in [-0.2, -0.15) is 26.3 Å². The van der Waals surface area contributed by atoms with Gasteiger partial charge in [-0.25, -0.2) is 13.6 Å². The van der Waals surface area contributed by atoms with Gasteiger partial charge in [0.25, 0.3) is 5.92 Å². The number of nitrogens with zero attached hydrogens (tertiary/aromatic N) is 1. The lowest BCUT2D eigenvalue weighted by Crippen LogP contribution is -2.53. The molecule has 1 aliphatic heterocycles. The van der Waals surface area contributed by atoms with Crippen LogP contribution in [0.15, 0.2) is 78.9 Å². The Bertz CT molecular complexity index is 1500. The average molecular weight is 658 g/mol. The third-order valence-electron chi connectivity index (χ3n) is 7.45. The summed E-state index contributed by atoms with van der Waals surface area (Å²) in [5.74, 6) is -6.80. The van der Waals surface area contributed by atoms with Crippen LogP contribution >= 0.6 is 0 Å². The largest absolute Gasteiger partial charge is 0.460 e. The third-order valence-corrected chi connectivity index (χ3v) is 7.45. The minimum Gasteiger partial charge on any atom is -0.460 e. The summed E-state index contributed by atoms with van der Waals surface area (Å²) in [5, 5.41) is 0. The molecule has 5 nitrogen and oxygen atoms in total. The van der Waals surface area contributed by atoms with Crippen molar-refractivity contribution in [2.45, 2.75) is 76.2 Å². The van der Waals surface area contributed by atoms with Crippen molar-refractivity contribution >= 4 is 12.1 Å². The predicted octanol–water partition coefficient (Wildman–Crippen LogP) is 9.53. The Morgan fingerprint density at radius 1 is 0.783 bits per heavy atom. The Kier molecular flexibility index (Phi) is 9.75. The van der Waals surface area contributed by atoms with E-state index in [4.69, 9.17) is 9.47 Å². The lowest BCUT2D eigenvalue weighted by atomic mass is 9.75. The molecule has 46 heavy (non-hydrogen) atoms. The number of hydrogen-bond acceptors (Lipinski definition) is 4. The molecule has 1 amide bonds. The number of carbonyl (C=O) groups is 2. The molecule has 13 heteroatoms. The minimum atomic E-state index is -4.76. The number of halogens is 8. The number of piperidine rings is 1. The SMILES string of the molecule is CC(C)(C)OC(=O)CC1C(c2ccc(C(F)(F)F)cc2)N(C(=O)OCc2ccccc2)C(c2ccc(C(F)(F)F)cc2)CC1(F)F. The van der Waals surface area contributed by atoms with Gasteiger partial charge in [-0.1, -0.05) is 54.6 Å². The van der Waals surface area contributed by atoms with E-state index in [0.29, 0.717) is 29.8 Å². The maximum atomic E-state index is 16.2. The second-order valence-electron chi connectivity index (χ2n) is 12.0. The topological polar surface area (TPSA) is 55.8 Å². The maximum absolute atomic E-state index is 16.2. The standard InChI is InChI=1S/C33H31F8NO4/c1-30(2,3)46-27(43)17-25-28(22-11-15-24(16-12-22)33(39,40)41)42(29(44)45-19-20-7-5-4-6-8-20)26(18-31(25,34)35)21-9-13-23(14-10-21)32(36,37)38/h4-16,25-26,28H,17-19H2,1-3H3. The predicted molar refractivity (Wildman–Crippen MR) is 150 cm³/mol. The van der Waals surface area contributed by atoms with Crippen molar-refractivity contribution in [3.05, 3.63) is 107 Å². The van der Waals surface area contributed by atoms with Gasteiger partial charge >= 0.3 is 24.4 Å².